The lowest BCUT2D eigenvalue weighted by Crippen LogP contribution is -2.02. The maximum atomic E-state index is 13.2. The van der Waals surface area contributed by atoms with Gasteiger partial charge < -0.3 is 0 Å². The Morgan fingerprint density at radius 3 is 2.71 bits per heavy atom. The molecule has 0 amide bonds. The first-order valence-corrected chi connectivity index (χ1v) is 4.81. The molecule has 0 aromatic heterocycles. The van der Waals surface area contributed by atoms with E-state index in [1.807, 2.05) is 0 Å². The topological polar surface area (TPSA) is 17.1 Å². The van der Waals surface area contributed by atoms with Crippen molar-refractivity contribution in [2.45, 2.75) is 26.4 Å². The number of carbonyl (C=O) groups is 1. The van der Waals surface area contributed by atoms with Gasteiger partial charge in [0.1, 0.15) is 12.0 Å². The monoisotopic (exact) mass is 214 g/mol. The molecule has 0 radical (unpaired) electrons. The predicted octanol–water partition coefficient (Wildman–Crippen LogP) is 3.50. The van der Waals surface area contributed by atoms with E-state index < -0.39 is 6.17 Å². The Kier molecular flexibility index (Phi) is 3.64. The third kappa shape index (κ3) is 2.55. The Balaban J connectivity index is 3.14. The molecular weight excluding hydrogens is 203 g/mol. The number of hydrogen-bond acceptors (Lipinski definition) is 1. The van der Waals surface area contributed by atoms with Crippen molar-refractivity contribution in [3.63, 3.8) is 0 Å². The molecule has 1 aromatic rings. The van der Waals surface area contributed by atoms with Crippen LogP contribution in [0.15, 0.2) is 18.2 Å². The zero-order valence-corrected chi connectivity index (χ0v) is 8.94. The second-order valence-electron chi connectivity index (χ2n) is 3.31. The third-order valence-corrected chi connectivity index (χ3v) is 2.31. The van der Waals surface area contributed by atoms with E-state index in [2.05, 4.69) is 0 Å². The Bertz CT molecular complexity index is 347. The summed E-state index contributed by atoms with van der Waals surface area (Å²) in [5.41, 5.74) is 1.12. The van der Waals surface area contributed by atoms with Crippen LogP contribution in [-0.2, 0) is 11.2 Å². The van der Waals surface area contributed by atoms with Crippen LogP contribution in [0.3, 0.4) is 0 Å². The van der Waals surface area contributed by atoms with Crippen molar-refractivity contribution in [1.29, 1.82) is 0 Å². The molecule has 0 N–H and O–H groups in total. The van der Waals surface area contributed by atoms with E-state index in [1.54, 1.807) is 18.2 Å². The molecule has 0 heterocycles. The molecular formula is C11H12ClFO. The van der Waals surface area contributed by atoms with E-state index in [-0.39, 0.29) is 12.2 Å². The van der Waals surface area contributed by atoms with Crippen LogP contribution in [0, 0.1) is 0 Å². The number of benzene rings is 1. The molecule has 1 aromatic carbocycles. The highest BCUT2D eigenvalue weighted by molar-refractivity contribution is 6.31. The Labute approximate surface area is 87.9 Å². The minimum Gasteiger partial charge on any atom is -0.300 e. The number of ketones is 1. The van der Waals surface area contributed by atoms with Gasteiger partial charge in [-0.15, -0.1) is 0 Å². The van der Waals surface area contributed by atoms with Crippen molar-refractivity contribution in [2.24, 2.45) is 0 Å². The first-order chi connectivity index (χ1) is 6.52. The summed E-state index contributed by atoms with van der Waals surface area (Å²) < 4.78 is 13.2. The fourth-order valence-electron chi connectivity index (χ4n) is 1.45. The molecule has 1 rings (SSSR count). The van der Waals surface area contributed by atoms with Crippen LogP contribution in [-0.4, -0.2) is 5.78 Å². The number of carbonyl (C=O) groups excluding carboxylic acids is 1. The molecule has 0 aliphatic heterocycles. The highest BCUT2D eigenvalue weighted by Crippen LogP contribution is 2.29. The Morgan fingerprint density at radius 1 is 1.57 bits per heavy atom. The second-order valence-corrected chi connectivity index (χ2v) is 3.71. The van der Waals surface area contributed by atoms with Gasteiger partial charge in [-0.1, -0.05) is 23.7 Å². The van der Waals surface area contributed by atoms with E-state index in [1.165, 1.54) is 13.8 Å². The van der Waals surface area contributed by atoms with Crippen LogP contribution in [0.4, 0.5) is 4.39 Å². The van der Waals surface area contributed by atoms with Gasteiger partial charge in [-0.2, -0.15) is 0 Å². The number of rotatable bonds is 3. The van der Waals surface area contributed by atoms with Crippen LogP contribution in [0.5, 0.6) is 0 Å². The molecule has 0 saturated carbocycles. The van der Waals surface area contributed by atoms with Gasteiger partial charge in [0.15, 0.2) is 0 Å². The molecule has 0 fully saturated rings. The lowest BCUT2D eigenvalue weighted by atomic mass is 10.00. The maximum absolute atomic E-state index is 13.2. The van der Waals surface area contributed by atoms with Crippen molar-refractivity contribution in [3.05, 3.63) is 34.3 Å². The van der Waals surface area contributed by atoms with Crippen LogP contribution < -0.4 is 0 Å². The zero-order chi connectivity index (χ0) is 10.7. The van der Waals surface area contributed by atoms with Crippen molar-refractivity contribution in [3.8, 4) is 0 Å². The number of alkyl halides is 1. The summed E-state index contributed by atoms with van der Waals surface area (Å²) in [6.45, 7) is 2.90. The molecule has 0 aliphatic carbocycles. The fourth-order valence-corrected chi connectivity index (χ4v) is 1.79. The van der Waals surface area contributed by atoms with Crippen molar-refractivity contribution < 1.29 is 9.18 Å². The normalized spacial score (nSPS) is 12.6. The summed E-state index contributed by atoms with van der Waals surface area (Å²) in [6.07, 6.45) is -0.900. The highest BCUT2D eigenvalue weighted by Gasteiger charge is 2.14. The van der Waals surface area contributed by atoms with Gasteiger partial charge in [-0.05, 0) is 25.5 Å². The van der Waals surface area contributed by atoms with E-state index in [4.69, 9.17) is 11.6 Å². The minimum atomic E-state index is -1.14. The van der Waals surface area contributed by atoms with Gasteiger partial charge in [0.05, 0.1) is 0 Å². The summed E-state index contributed by atoms with van der Waals surface area (Å²) in [7, 11) is 0. The standard InChI is InChI=1S/C11H12ClFO/c1-7(14)6-9-4-3-5-10(12)11(9)8(2)13/h3-5,8H,6H2,1-2H3. The van der Waals surface area contributed by atoms with E-state index >= 15 is 0 Å². The molecule has 76 valence electrons. The first-order valence-electron chi connectivity index (χ1n) is 4.43. The maximum Gasteiger partial charge on any atom is 0.134 e. The fraction of sp³-hybridized carbons (Fsp3) is 0.364. The summed E-state index contributed by atoms with van der Waals surface area (Å²) in [4.78, 5) is 10.9. The largest absolute Gasteiger partial charge is 0.300 e. The summed E-state index contributed by atoms with van der Waals surface area (Å²) >= 11 is 5.86. The molecule has 3 heteroatoms. The average Bonchev–Trinajstić information content (AvgIpc) is 2.01. The second kappa shape index (κ2) is 4.56. The summed E-state index contributed by atoms with van der Waals surface area (Å²) in [6, 6.07) is 5.10. The molecule has 0 saturated heterocycles. The molecule has 14 heavy (non-hydrogen) atoms. The predicted molar refractivity (Wildman–Crippen MR) is 55.4 cm³/mol. The quantitative estimate of drug-likeness (QED) is 0.753. The van der Waals surface area contributed by atoms with Gasteiger partial charge in [0, 0.05) is 17.0 Å². The van der Waals surface area contributed by atoms with Gasteiger partial charge >= 0.3 is 0 Å². The smallest absolute Gasteiger partial charge is 0.134 e. The summed E-state index contributed by atoms with van der Waals surface area (Å²) in [5.74, 6) is 0.00849. The average molecular weight is 215 g/mol. The van der Waals surface area contributed by atoms with Gasteiger partial charge in [-0.25, -0.2) is 4.39 Å². The third-order valence-electron chi connectivity index (χ3n) is 1.98. The molecule has 1 nitrogen and oxygen atoms in total. The number of hydrogen-bond donors (Lipinski definition) is 0. The number of Topliss-reactive ketones (excluding diaryl/α,β-unsaturated/α-hetero) is 1. The van der Waals surface area contributed by atoms with Gasteiger partial charge in [0.25, 0.3) is 0 Å². The SMILES string of the molecule is CC(=O)Cc1cccc(Cl)c1C(C)F. The molecule has 1 atom stereocenters. The number of halogens is 2. The zero-order valence-electron chi connectivity index (χ0n) is 8.18. The van der Waals surface area contributed by atoms with Gasteiger partial charge in [0.2, 0.25) is 0 Å². The van der Waals surface area contributed by atoms with Crippen molar-refractivity contribution in [2.75, 3.05) is 0 Å². The van der Waals surface area contributed by atoms with E-state index in [0.29, 0.717) is 16.1 Å². The minimum absolute atomic E-state index is 0.00849. The molecule has 0 spiro atoms. The van der Waals surface area contributed by atoms with Crippen molar-refractivity contribution in [1.82, 2.24) is 0 Å². The van der Waals surface area contributed by atoms with Gasteiger partial charge in [-0.3, -0.25) is 4.79 Å². The van der Waals surface area contributed by atoms with Crippen molar-refractivity contribution >= 4 is 17.4 Å². The lowest BCUT2D eigenvalue weighted by molar-refractivity contribution is -0.116. The lowest BCUT2D eigenvalue weighted by Gasteiger charge is -2.10. The van der Waals surface area contributed by atoms with Crippen LogP contribution in [0.1, 0.15) is 31.1 Å². The Morgan fingerprint density at radius 2 is 2.21 bits per heavy atom. The summed E-state index contributed by atoms with van der Waals surface area (Å²) in [5, 5.41) is 0.388. The van der Waals surface area contributed by atoms with Crippen LogP contribution >= 0.6 is 11.6 Å². The van der Waals surface area contributed by atoms with E-state index in [0.717, 1.165) is 0 Å². The first kappa shape index (κ1) is 11.2. The Hall–Kier alpha value is -0.890. The molecule has 0 bridgehead atoms. The van der Waals surface area contributed by atoms with Crippen LogP contribution in [0.2, 0.25) is 5.02 Å². The van der Waals surface area contributed by atoms with Crippen LogP contribution in [0.25, 0.3) is 0 Å². The van der Waals surface area contributed by atoms with E-state index in [9.17, 15) is 9.18 Å². The highest BCUT2D eigenvalue weighted by atomic mass is 35.5. The molecule has 1 unspecified atom stereocenters. The molecule has 0 aliphatic rings.